The molecule has 16 heavy (non-hydrogen) atoms. The summed E-state index contributed by atoms with van der Waals surface area (Å²) in [6.07, 6.45) is 0. The molecular formula is C12H18N2O2. The molecule has 0 saturated carbocycles. The first kappa shape index (κ1) is 12.4. The number of hydrogen-bond acceptors (Lipinski definition) is 3. The molecule has 0 aliphatic rings. The molecule has 1 rings (SSSR count). The zero-order valence-electron chi connectivity index (χ0n) is 9.91. The minimum atomic E-state index is -0.394. The van der Waals surface area contributed by atoms with Gasteiger partial charge in [-0.25, -0.2) is 0 Å². The summed E-state index contributed by atoms with van der Waals surface area (Å²) >= 11 is 0. The zero-order chi connectivity index (χ0) is 12.1. The van der Waals surface area contributed by atoms with E-state index in [2.05, 4.69) is 19.2 Å². The van der Waals surface area contributed by atoms with Crippen molar-refractivity contribution in [2.24, 2.45) is 5.73 Å². The Morgan fingerprint density at radius 2 is 2.19 bits per heavy atom. The molecule has 88 valence electrons. The minimum Gasteiger partial charge on any atom is -0.495 e. The van der Waals surface area contributed by atoms with Crippen LogP contribution < -0.4 is 15.8 Å². The zero-order valence-corrected chi connectivity index (χ0v) is 9.91. The molecule has 0 saturated heterocycles. The van der Waals surface area contributed by atoms with Gasteiger partial charge in [0.2, 0.25) is 5.91 Å². The number of ether oxygens (including phenoxy) is 1. The highest BCUT2D eigenvalue weighted by Crippen LogP contribution is 2.28. The molecule has 1 aromatic rings. The minimum absolute atomic E-state index is 0.109. The van der Waals surface area contributed by atoms with Crippen molar-refractivity contribution in [3.8, 4) is 5.75 Å². The van der Waals surface area contributed by atoms with Crippen LogP contribution in [0, 0.1) is 0 Å². The van der Waals surface area contributed by atoms with Crippen molar-refractivity contribution in [1.82, 2.24) is 0 Å². The summed E-state index contributed by atoms with van der Waals surface area (Å²) in [5.74, 6) is 0.779. The Kier molecular flexibility index (Phi) is 4.17. The number of carbonyl (C=O) groups is 1. The lowest BCUT2D eigenvalue weighted by atomic mass is 10.0. The summed E-state index contributed by atoms with van der Waals surface area (Å²) in [7, 11) is 1.61. The topological polar surface area (TPSA) is 64.3 Å². The number of anilines is 1. The van der Waals surface area contributed by atoms with E-state index in [4.69, 9.17) is 10.5 Å². The molecule has 0 bridgehead atoms. The van der Waals surface area contributed by atoms with E-state index < -0.39 is 5.91 Å². The Balaban J connectivity index is 2.88. The lowest BCUT2D eigenvalue weighted by Gasteiger charge is -2.13. The Hall–Kier alpha value is -1.71. The fourth-order valence-electron chi connectivity index (χ4n) is 1.40. The highest BCUT2D eigenvalue weighted by molar-refractivity contribution is 5.79. The van der Waals surface area contributed by atoms with Gasteiger partial charge in [0.05, 0.1) is 19.3 Å². The van der Waals surface area contributed by atoms with E-state index in [9.17, 15) is 4.79 Å². The van der Waals surface area contributed by atoms with Crippen LogP contribution in [0.3, 0.4) is 0 Å². The van der Waals surface area contributed by atoms with E-state index in [0.29, 0.717) is 5.92 Å². The van der Waals surface area contributed by atoms with E-state index in [1.807, 2.05) is 18.2 Å². The number of methoxy groups -OCH3 is 1. The third-order valence-electron chi connectivity index (χ3n) is 2.35. The second-order valence-corrected chi connectivity index (χ2v) is 3.93. The fourth-order valence-corrected chi connectivity index (χ4v) is 1.40. The van der Waals surface area contributed by atoms with Gasteiger partial charge < -0.3 is 15.8 Å². The number of carbonyl (C=O) groups excluding carboxylic acids is 1. The summed E-state index contributed by atoms with van der Waals surface area (Å²) in [5, 5.41) is 2.93. The number of amides is 1. The molecule has 0 heterocycles. The predicted octanol–water partition coefficient (Wildman–Crippen LogP) is 1.72. The Labute approximate surface area is 95.8 Å². The second kappa shape index (κ2) is 5.39. The van der Waals surface area contributed by atoms with Gasteiger partial charge in [0.15, 0.2) is 0 Å². The van der Waals surface area contributed by atoms with Crippen LogP contribution in [-0.2, 0) is 4.79 Å². The van der Waals surface area contributed by atoms with Crippen molar-refractivity contribution in [1.29, 1.82) is 0 Å². The first-order valence-electron chi connectivity index (χ1n) is 5.24. The van der Waals surface area contributed by atoms with E-state index in [0.717, 1.165) is 11.4 Å². The van der Waals surface area contributed by atoms with Crippen molar-refractivity contribution in [3.63, 3.8) is 0 Å². The first-order valence-corrected chi connectivity index (χ1v) is 5.24. The molecule has 0 aliphatic heterocycles. The van der Waals surface area contributed by atoms with Gasteiger partial charge >= 0.3 is 0 Å². The van der Waals surface area contributed by atoms with Crippen molar-refractivity contribution in [3.05, 3.63) is 23.8 Å². The van der Waals surface area contributed by atoms with Gasteiger partial charge in [-0.05, 0) is 23.6 Å². The van der Waals surface area contributed by atoms with E-state index in [1.165, 1.54) is 5.56 Å². The molecule has 0 aliphatic carbocycles. The molecule has 0 fully saturated rings. The van der Waals surface area contributed by atoms with Gasteiger partial charge in [0, 0.05) is 0 Å². The molecular weight excluding hydrogens is 204 g/mol. The third-order valence-corrected chi connectivity index (χ3v) is 2.35. The van der Waals surface area contributed by atoms with Crippen LogP contribution in [0.5, 0.6) is 5.75 Å². The van der Waals surface area contributed by atoms with E-state index in [1.54, 1.807) is 7.11 Å². The van der Waals surface area contributed by atoms with Crippen LogP contribution in [0.2, 0.25) is 0 Å². The van der Waals surface area contributed by atoms with E-state index >= 15 is 0 Å². The predicted molar refractivity (Wildman–Crippen MR) is 64.8 cm³/mol. The van der Waals surface area contributed by atoms with E-state index in [-0.39, 0.29) is 6.54 Å². The van der Waals surface area contributed by atoms with Crippen LogP contribution in [-0.4, -0.2) is 19.6 Å². The van der Waals surface area contributed by atoms with Crippen LogP contribution in [0.15, 0.2) is 18.2 Å². The molecule has 1 amide bonds. The molecule has 0 aromatic heterocycles. The summed E-state index contributed by atoms with van der Waals surface area (Å²) < 4.78 is 5.25. The number of nitrogens with two attached hydrogens (primary N) is 1. The average Bonchev–Trinajstić information content (AvgIpc) is 2.25. The van der Waals surface area contributed by atoms with Crippen molar-refractivity contribution >= 4 is 11.6 Å². The van der Waals surface area contributed by atoms with Gasteiger partial charge in [0.25, 0.3) is 0 Å². The van der Waals surface area contributed by atoms with Gasteiger partial charge in [-0.15, -0.1) is 0 Å². The van der Waals surface area contributed by atoms with Crippen LogP contribution in [0.1, 0.15) is 25.3 Å². The molecule has 0 atom stereocenters. The number of hydrogen-bond donors (Lipinski definition) is 2. The van der Waals surface area contributed by atoms with Crippen molar-refractivity contribution in [2.45, 2.75) is 19.8 Å². The van der Waals surface area contributed by atoms with Crippen LogP contribution >= 0.6 is 0 Å². The standard InChI is InChI=1S/C12H18N2O2/c1-8(2)9-4-5-10(11(6-9)16-3)14-7-12(13)15/h4-6,8,14H,7H2,1-3H3,(H2,13,15). The van der Waals surface area contributed by atoms with Gasteiger partial charge in [-0.1, -0.05) is 19.9 Å². The smallest absolute Gasteiger partial charge is 0.236 e. The maximum absolute atomic E-state index is 10.7. The van der Waals surface area contributed by atoms with Crippen LogP contribution in [0.4, 0.5) is 5.69 Å². The summed E-state index contributed by atoms with van der Waals surface area (Å²) in [5.41, 5.74) is 7.05. The van der Waals surface area contributed by atoms with Crippen molar-refractivity contribution < 1.29 is 9.53 Å². The SMILES string of the molecule is COc1cc(C(C)C)ccc1NCC(N)=O. The quantitative estimate of drug-likeness (QED) is 0.797. The molecule has 4 nitrogen and oxygen atoms in total. The molecule has 0 unspecified atom stereocenters. The molecule has 0 spiro atoms. The number of nitrogens with one attached hydrogen (secondary N) is 1. The number of benzene rings is 1. The van der Waals surface area contributed by atoms with Gasteiger partial charge in [-0.2, -0.15) is 0 Å². The molecule has 1 aromatic carbocycles. The second-order valence-electron chi connectivity index (χ2n) is 3.93. The maximum atomic E-state index is 10.7. The van der Waals surface area contributed by atoms with Crippen molar-refractivity contribution in [2.75, 3.05) is 19.0 Å². The first-order chi connectivity index (χ1) is 7.54. The number of primary amides is 1. The van der Waals surface area contributed by atoms with Gasteiger partial charge in [-0.3, -0.25) is 4.79 Å². The normalized spacial score (nSPS) is 10.2. The van der Waals surface area contributed by atoms with Gasteiger partial charge in [0.1, 0.15) is 5.75 Å². The Bertz CT molecular complexity index is 375. The lowest BCUT2D eigenvalue weighted by Crippen LogP contribution is -2.22. The average molecular weight is 222 g/mol. The Morgan fingerprint density at radius 3 is 2.69 bits per heavy atom. The number of rotatable bonds is 5. The summed E-state index contributed by atoms with van der Waals surface area (Å²) in [6, 6.07) is 5.88. The Morgan fingerprint density at radius 1 is 1.50 bits per heavy atom. The molecule has 4 heteroatoms. The lowest BCUT2D eigenvalue weighted by molar-refractivity contribution is -0.116. The maximum Gasteiger partial charge on any atom is 0.236 e. The molecule has 0 radical (unpaired) electrons. The monoisotopic (exact) mass is 222 g/mol. The fraction of sp³-hybridized carbons (Fsp3) is 0.417. The molecule has 3 N–H and O–H groups in total. The summed E-state index contributed by atoms with van der Waals surface area (Å²) in [6.45, 7) is 4.34. The highest BCUT2D eigenvalue weighted by Gasteiger charge is 2.07. The third kappa shape index (κ3) is 3.15. The van der Waals surface area contributed by atoms with Crippen LogP contribution in [0.25, 0.3) is 0 Å². The highest BCUT2D eigenvalue weighted by atomic mass is 16.5. The summed E-state index contributed by atoms with van der Waals surface area (Å²) in [4.78, 5) is 10.7. The largest absolute Gasteiger partial charge is 0.495 e.